The van der Waals surface area contributed by atoms with Crippen LogP contribution in [-0.4, -0.2) is 25.0 Å². The summed E-state index contributed by atoms with van der Waals surface area (Å²) in [5, 5.41) is 3.44. The molecule has 0 aromatic carbocycles. The molecule has 1 heterocycles. The smallest absolute Gasteiger partial charge is 0.122 e. The average molecular weight is 266 g/mol. The summed E-state index contributed by atoms with van der Waals surface area (Å²) in [4.78, 5) is 2.38. The highest BCUT2D eigenvalue weighted by Gasteiger charge is 2.08. The minimum Gasteiger partial charge on any atom is -0.468 e. The number of rotatable bonds is 10. The van der Waals surface area contributed by atoms with Gasteiger partial charge in [-0.05, 0) is 38.5 Å². The van der Waals surface area contributed by atoms with Gasteiger partial charge in [0.2, 0.25) is 0 Å². The molecule has 1 rings (SSSR count). The Morgan fingerprint density at radius 2 is 2.11 bits per heavy atom. The van der Waals surface area contributed by atoms with Crippen molar-refractivity contribution >= 4 is 0 Å². The minimum atomic E-state index is 0.676. The second kappa shape index (κ2) is 9.16. The molecule has 1 aromatic heterocycles. The Balaban J connectivity index is 2.35. The molecule has 0 saturated carbocycles. The Morgan fingerprint density at radius 3 is 2.79 bits per heavy atom. The Labute approximate surface area is 118 Å². The predicted molar refractivity (Wildman–Crippen MR) is 81.1 cm³/mol. The van der Waals surface area contributed by atoms with Crippen LogP contribution in [-0.2, 0) is 13.1 Å². The fraction of sp³-hybridized carbons (Fsp3) is 0.750. The zero-order valence-electron chi connectivity index (χ0n) is 13.0. The normalized spacial score (nSPS) is 11.7. The number of hydrogen-bond donors (Lipinski definition) is 1. The van der Waals surface area contributed by atoms with E-state index in [1.807, 2.05) is 6.26 Å². The van der Waals surface area contributed by atoms with Crippen LogP contribution >= 0.6 is 0 Å². The van der Waals surface area contributed by atoms with E-state index in [2.05, 4.69) is 44.1 Å². The van der Waals surface area contributed by atoms with E-state index in [4.69, 9.17) is 4.42 Å². The van der Waals surface area contributed by atoms with Crippen molar-refractivity contribution in [1.29, 1.82) is 0 Å². The Kier molecular flexibility index (Phi) is 7.84. The molecule has 0 spiro atoms. The van der Waals surface area contributed by atoms with Crippen LogP contribution in [0.3, 0.4) is 0 Å². The van der Waals surface area contributed by atoms with Crippen molar-refractivity contribution in [3.8, 4) is 0 Å². The van der Waals surface area contributed by atoms with Gasteiger partial charge >= 0.3 is 0 Å². The van der Waals surface area contributed by atoms with Crippen LogP contribution in [0, 0.1) is 5.92 Å². The van der Waals surface area contributed by atoms with Crippen LogP contribution in [0.5, 0.6) is 0 Å². The molecule has 1 N–H and O–H groups in total. The number of unbranched alkanes of at least 4 members (excludes halogenated alkanes) is 2. The monoisotopic (exact) mass is 266 g/mol. The molecule has 0 amide bonds. The molecule has 0 saturated heterocycles. The summed E-state index contributed by atoms with van der Waals surface area (Å²) in [5.41, 5.74) is 1.32. The molecule has 19 heavy (non-hydrogen) atoms. The van der Waals surface area contributed by atoms with Crippen molar-refractivity contribution in [2.45, 2.75) is 53.1 Å². The van der Waals surface area contributed by atoms with Crippen LogP contribution in [0.15, 0.2) is 16.7 Å². The second-order valence-electron chi connectivity index (χ2n) is 5.84. The first kappa shape index (κ1) is 16.3. The number of furan rings is 1. The highest BCUT2D eigenvalue weighted by molar-refractivity contribution is 5.16. The highest BCUT2D eigenvalue weighted by atomic mass is 16.3. The van der Waals surface area contributed by atoms with Crippen LogP contribution in [0.4, 0.5) is 0 Å². The third-order valence-corrected chi connectivity index (χ3v) is 3.26. The molecular weight excluding hydrogens is 236 g/mol. The van der Waals surface area contributed by atoms with Crippen LogP contribution in [0.25, 0.3) is 0 Å². The maximum Gasteiger partial charge on any atom is 0.122 e. The van der Waals surface area contributed by atoms with Crippen molar-refractivity contribution in [2.24, 2.45) is 5.92 Å². The molecule has 1 aromatic rings. The lowest BCUT2D eigenvalue weighted by atomic mass is 10.2. The van der Waals surface area contributed by atoms with E-state index in [9.17, 15) is 0 Å². The lowest BCUT2D eigenvalue weighted by Gasteiger charge is -2.16. The topological polar surface area (TPSA) is 28.4 Å². The van der Waals surface area contributed by atoms with Crippen molar-refractivity contribution in [2.75, 3.05) is 20.1 Å². The predicted octanol–water partition coefficient (Wildman–Crippen LogP) is 3.65. The van der Waals surface area contributed by atoms with Gasteiger partial charge in [-0.1, -0.05) is 33.6 Å². The quantitative estimate of drug-likeness (QED) is 0.655. The van der Waals surface area contributed by atoms with E-state index in [1.54, 1.807) is 0 Å². The van der Waals surface area contributed by atoms with Gasteiger partial charge in [0.25, 0.3) is 0 Å². The molecule has 3 heteroatoms. The van der Waals surface area contributed by atoms with Crippen LogP contribution in [0.1, 0.15) is 51.4 Å². The summed E-state index contributed by atoms with van der Waals surface area (Å²) in [7, 11) is 2.19. The van der Waals surface area contributed by atoms with E-state index < -0.39 is 0 Å². The molecule has 0 atom stereocenters. The zero-order valence-corrected chi connectivity index (χ0v) is 13.0. The van der Waals surface area contributed by atoms with E-state index in [0.717, 1.165) is 31.9 Å². The van der Waals surface area contributed by atoms with E-state index >= 15 is 0 Å². The lowest BCUT2D eigenvalue weighted by molar-refractivity contribution is 0.314. The fourth-order valence-corrected chi connectivity index (χ4v) is 2.14. The van der Waals surface area contributed by atoms with Gasteiger partial charge in [-0.2, -0.15) is 0 Å². The first-order valence-corrected chi connectivity index (χ1v) is 7.58. The first-order chi connectivity index (χ1) is 9.13. The van der Waals surface area contributed by atoms with Crippen molar-refractivity contribution in [1.82, 2.24) is 10.2 Å². The van der Waals surface area contributed by atoms with Gasteiger partial charge in [0.1, 0.15) is 5.76 Å². The summed E-state index contributed by atoms with van der Waals surface area (Å²) in [6.45, 7) is 10.7. The molecule has 0 aliphatic carbocycles. The van der Waals surface area contributed by atoms with Gasteiger partial charge in [0, 0.05) is 12.1 Å². The van der Waals surface area contributed by atoms with Gasteiger partial charge in [-0.25, -0.2) is 0 Å². The fourth-order valence-electron chi connectivity index (χ4n) is 2.14. The van der Waals surface area contributed by atoms with Gasteiger partial charge in [0.15, 0.2) is 0 Å². The number of hydrogen-bond acceptors (Lipinski definition) is 3. The third kappa shape index (κ3) is 6.79. The van der Waals surface area contributed by atoms with Crippen molar-refractivity contribution < 1.29 is 4.42 Å². The second-order valence-corrected chi connectivity index (χ2v) is 5.84. The average Bonchev–Trinajstić information content (AvgIpc) is 2.76. The summed E-state index contributed by atoms with van der Waals surface area (Å²) < 4.78 is 5.58. The SMILES string of the molecule is CCCCCN(C)Cc1ccoc1CNCC(C)C. The van der Waals surface area contributed by atoms with Gasteiger partial charge < -0.3 is 14.6 Å². The van der Waals surface area contributed by atoms with Crippen LogP contribution < -0.4 is 5.32 Å². The maximum atomic E-state index is 5.58. The van der Waals surface area contributed by atoms with Gasteiger partial charge in [0.05, 0.1) is 12.8 Å². The number of nitrogens with zero attached hydrogens (tertiary/aromatic N) is 1. The molecule has 3 nitrogen and oxygen atoms in total. The van der Waals surface area contributed by atoms with E-state index in [1.165, 1.54) is 24.8 Å². The zero-order chi connectivity index (χ0) is 14.1. The van der Waals surface area contributed by atoms with Crippen molar-refractivity contribution in [3.63, 3.8) is 0 Å². The summed E-state index contributed by atoms with van der Waals surface area (Å²) in [6.07, 6.45) is 5.69. The molecule has 0 bridgehead atoms. The molecule has 0 unspecified atom stereocenters. The summed E-state index contributed by atoms with van der Waals surface area (Å²) >= 11 is 0. The summed E-state index contributed by atoms with van der Waals surface area (Å²) in [5.74, 6) is 1.76. The molecule has 0 radical (unpaired) electrons. The number of nitrogens with one attached hydrogen (secondary N) is 1. The standard InChI is InChI=1S/C16H30N2O/c1-5-6-7-9-18(4)13-15-8-10-19-16(15)12-17-11-14(2)3/h8,10,14,17H,5-7,9,11-13H2,1-4H3. The molecule has 0 aliphatic rings. The molecule has 110 valence electrons. The van der Waals surface area contributed by atoms with E-state index in [0.29, 0.717) is 5.92 Å². The Morgan fingerprint density at radius 1 is 1.32 bits per heavy atom. The third-order valence-electron chi connectivity index (χ3n) is 3.26. The molecule has 0 fully saturated rings. The Hall–Kier alpha value is -0.800. The largest absolute Gasteiger partial charge is 0.468 e. The van der Waals surface area contributed by atoms with Crippen LogP contribution in [0.2, 0.25) is 0 Å². The first-order valence-electron chi connectivity index (χ1n) is 7.58. The minimum absolute atomic E-state index is 0.676. The van der Waals surface area contributed by atoms with Gasteiger partial charge in [-0.3, -0.25) is 0 Å². The Bertz CT molecular complexity index is 333. The molecular formula is C16H30N2O. The lowest BCUT2D eigenvalue weighted by Crippen LogP contribution is -2.22. The van der Waals surface area contributed by atoms with Crippen molar-refractivity contribution in [3.05, 3.63) is 23.7 Å². The van der Waals surface area contributed by atoms with E-state index in [-0.39, 0.29) is 0 Å². The maximum absolute atomic E-state index is 5.58. The molecule has 0 aliphatic heterocycles. The summed E-state index contributed by atoms with van der Waals surface area (Å²) in [6, 6.07) is 2.10. The van der Waals surface area contributed by atoms with Gasteiger partial charge in [-0.15, -0.1) is 0 Å². The highest BCUT2D eigenvalue weighted by Crippen LogP contribution is 2.13.